The lowest BCUT2D eigenvalue weighted by molar-refractivity contribution is 0.449. The molecular weight excluding hydrogens is 532 g/mol. The number of imidazole rings is 1. The molecule has 1 unspecified atom stereocenters. The molecule has 1 atom stereocenters. The van der Waals surface area contributed by atoms with Gasteiger partial charge in [-0.2, -0.15) is 0 Å². The first-order valence-corrected chi connectivity index (χ1v) is 20.8. The fourth-order valence-corrected chi connectivity index (χ4v) is 6.98. The molecular formula is C42H82N2. The van der Waals surface area contributed by atoms with Crippen molar-refractivity contribution in [2.24, 2.45) is 0 Å². The highest BCUT2D eigenvalue weighted by molar-refractivity contribution is 5.06. The third kappa shape index (κ3) is 24.4. The van der Waals surface area contributed by atoms with E-state index in [9.17, 15) is 0 Å². The molecule has 0 amide bonds. The lowest BCUT2D eigenvalue weighted by atomic mass is 10.0. The molecule has 0 radical (unpaired) electrons. The lowest BCUT2D eigenvalue weighted by Crippen LogP contribution is -2.09. The van der Waals surface area contributed by atoms with Crippen LogP contribution in [0.4, 0.5) is 0 Å². The predicted octanol–water partition coefficient (Wildman–Crippen LogP) is 15.1. The van der Waals surface area contributed by atoms with Crippen LogP contribution in [0.3, 0.4) is 0 Å². The van der Waals surface area contributed by atoms with Crippen molar-refractivity contribution in [1.29, 1.82) is 0 Å². The van der Waals surface area contributed by atoms with Crippen molar-refractivity contribution < 1.29 is 0 Å². The number of nitrogens with zero attached hydrogens (tertiary/aromatic N) is 2. The predicted molar refractivity (Wildman–Crippen MR) is 199 cm³/mol. The monoisotopic (exact) mass is 615 g/mol. The van der Waals surface area contributed by atoms with Gasteiger partial charge in [-0.15, -0.1) is 0 Å². The van der Waals surface area contributed by atoms with Crippen molar-refractivity contribution in [2.75, 3.05) is 0 Å². The van der Waals surface area contributed by atoms with Crippen molar-refractivity contribution in [2.45, 2.75) is 252 Å². The van der Waals surface area contributed by atoms with Crippen LogP contribution in [0.5, 0.6) is 0 Å². The van der Waals surface area contributed by atoms with E-state index in [1.165, 1.54) is 230 Å². The molecule has 0 saturated heterocycles. The minimum atomic E-state index is 0.598. The Kier molecular flexibility index (Phi) is 30.1. The van der Waals surface area contributed by atoms with Gasteiger partial charge >= 0.3 is 0 Å². The topological polar surface area (TPSA) is 17.8 Å². The van der Waals surface area contributed by atoms with E-state index in [-0.39, 0.29) is 0 Å². The molecule has 0 aliphatic heterocycles. The van der Waals surface area contributed by atoms with E-state index >= 15 is 0 Å². The van der Waals surface area contributed by atoms with Gasteiger partial charge in [0.15, 0.2) is 0 Å². The van der Waals surface area contributed by atoms with E-state index in [1.54, 1.807) is 0 Å². The second-order valence-electron chi connectivity index (χ2n) is 14.6. The average molecular weight is 615 g/mol. The third-order valence-electron chi connectivity index (χ3n) is 10.1. The fourth-order valence-electron chi connectivity index (χ4n) is 6.98. The van der Waals surface area contributed by atoms with Crippen LogP contribution in [-0.4, -0.2) is 9.55 Å². The number of hydrogen-bond donors (Lipinski definition) is 0. The molecule has 0 aromatic carbocycles. The molecule has 1 rings (SSSR count). The van der Waals surface area contributed by atoms with Gasteiger partial charge in [-0.05, 0) is 32.6 Å². The molecule has 2 nitrogen and oxygen atoms in total. The summed E-state index contributed by atoms with van der Waals surface area (Å²) in [6, 6.07) is 0.598. The number of aromatic nitrogens is 2. The van der Waals surface area contributed by atoms with Gasteiger partial charge in [0.1, 0.15) is 5.82 Å². The molecule has 260 valence electrons. The first-order valence-electron chi connectivity index (χ1n) is 20.8. The minimum Gasteiger partial charge on any atom is -0.332 e. The Morgan fingerprint density at radius 3 is 1.14 bits per heavy atom. The highest BCUT2D eigenvalue weighted by Crippen LogP contribution is 2.22. The maximum Gasteiger partial charge on any atom is 0.109 e. The van der Waals surface area contributed by atoms with E-state index in [0.717, 1.165) is 0 Å². The first-order chi connectivity index (χ1) is 21.7. The average Bonchev–Trinajstić information content (AvgIpc) is 3.44. The lowest BCUT2D eigenvalue weighted by Gasteiger charge is -2.16. The summed E-state index contributed by atoms with van der Waals surface area (Å²) in [6.07, 6.45) is 50.1. The quantitative estimate of drug-likeness (QED) is 0.0695. The number of rotatable bonds is 35. The summed E-state index contributed by atoms with van der Waals surface area (Å²) in [5.41, 5.74) is 1.37. The maximum atomic E-state index is 5.23. The molecule has 0 fully saturated rings. The SMILES string of the molecule is CCCCCCCCCCCCCCCCC(C)n1cc(CCCCCCCCCCCC)nc1CCCCCCCCC. The molecule has 1 aromatic heterocycles. The summed E-state index contributed by atoms with van der Waals surface area (Å²) in [7, 11) is 0. The van der Waals surface area contributed by atoms with E-state index < -0.39 is 0 Å². The summed E-state index contributed by atoms with van der Waals surface area (Å²) in [4.78, 5) is 5.23. The number of unbranched alkanes of at least 4 members (excludes halogenated alkanes) is 28. The second kappa shape index (κ2) is 32.2. The molecule has 0 aliphatic rings. The minimum absolute atomic E-state index is 0.598. The first kappa shape index (κ1) is 41.2. The van der Waals surface area contributed by atoms with Gasteiger partial charge < -0.3 is 4.57 Å². The van der Waals surface area contributed by atoms with Crippen LogP contribution in [0.2, 0.25) is 0 Å². The summed E-state index contributed by atoms with van der Waals surface area (Å²) >= 11 is 0. The molecule has 0 bridgehead atoms. The van der Waals surface area contributed by atoms with Crippen LogP contribution in [0.15, 0.2) is 6.20 Å². The second-order valence-corrected chi connectivity index (χ2v) is 14.6. The van der Waals surface area contributed by atoms with E-state index in [4.69, 9.17) is 4.98 Å². The largest absolute Gasteiger partial charge is 0.332 e. The zero-order valence-corrected chi connectivity index (χ0v) is 31.1. The molecule has 44 heavy (non-hydrogen) atoms. The maximum absolute atomic E-state index is 5.23. The van der Waals surface area contributed by atoms with E-state index in [0.29, 0.717) is 6.04 Å². The van der Waals surface area contributed by atoms with Gasteiger partial charge in [0.25, 0.3) is 0 Å². The summed E-state index contributed by atoms with van der Waals surface area (Å²) in [6.45, 7) is 9.39. The van der Waals surface area contributed by atoms with Gasteiger partial charge in [0.05, 0.1) is 5.69 Å². The highest BCUT2D eigenvalue weighted by atomic mass is 15.1. The van der Waals surface area contributed by atoms with Crippen LogP contribution in [0.25, 0.3) is 0 Å². The van der Waals surface area contributed by atoms with Crippen molar-refractivity contribution >= 4 is 0 Å². The van der Waals surface area contributed by atoms with E-state index in [1.807, 2.05) is 0 Å². The number of hydrogen-bond acceptors (Lipinski definition) is 1. The summed E-state index contributed by atoms with van der Waals surface area (Å²) < 4.78 is 2.60. The molecule has 2 heteroatoms. The zero-order valence-electron chi connectivity index (χ0n) is 31.1. The molecule has 0 N–H and O–H groups in total. The van der Waals surface area contributed by atoms with Crippen LogP contribution >= 0.6 is 0 Å². The molecule has 1 aromatic rings. The van der Waals surface area contributed by atoms with Gasteiger partial charge in [0, 0.05) is 18.7 Å². The van der Waals surface area contributed by atoms with Gasteiger partial charge in [-0.3, -0.25) is 0 Å². The van der Waals surface area contributed by atoms with Gasteiger partial charge in [-0.25, -0.2) is 4.98 Å². The molecule has 1 heterocycles. The summed E-state index contributed by atoms with van der Waals surface area (Å²) in [5.74, 6) is 1.39. The van der Waals surface area contributed by atoms with Crippen molar-refractivity contribution in [3.05, 3.63) is 17.7 Å². The van der Waals surface area contributed by atoms with E-state index in [2.05, 4.69) is 38.5 Å². The van der Waals surface area contributed by atoms with Crippen molar-refractivity contribution in [3.8, 4) is 0 Å². The Labute approximate surface area is 278 Å². The Morgan fingerprint density at radius 1 is 0.432 bits per heavy atom. The Morgan fingerprint density at radius 2 is 0.750 bits per heavy atom. The van der Waals surface area contributed by atoms with Crippen LogP contribution in [0.1, 0.15) is 251 Å². The Hall–Kier alpha value is -0.790. The summed E-state index contributed by atoms with van der Waals surface area (Å²) in [5, 5.41) is 0. The van der Waals surface area contributed by atoms with Gasteiger partial charge in [-0.1, -0.05) is 207 Å². The van der Waals surface area contributed by atoms with Crippen molar-refractivity contribution in [1.82, 2.24) is 9.55 Å². The van der Waals surface area contributed by atoms with Crippen molar-refractivity contribution in [3.63, 3.8) is 0 Å². The molecule has 0 saturated carbocycles. The molecule has 0 spiro atoms. The standard InChI is InChI=1S/C42H82N2/c1-5-8-11-14-17-19-21-22-23-24-25-28-30-33-36-40(4)44-39-41(37-34-31-29-26-20-18-15-12-9-6-2)43-42(44)38-35-32-27-16-13-10-7-3/h39-40H,5-38H2,1-4H3. The highest BCUT2D eigenvalue weighted by Gasteiger charge is 2.13. The fraction of sp³-hybridized carbons (Fsp3) is 0.929. The zero-order chi connectivity index (χ0) is 31.8. The number of aryl methyl sites for hydroxylation is 2. The third-order valence-corrected chi connectivity index (χ3v) is 10.1. The van der Waals surface area contributed by atoms with Crippen LogP contribution < -0.4 is 0 Å². The normalized spacial score (nSPS) is 12.4. The van der Waals surface area contributed by atoms with Gasteiger partial charge in [0.2, 0.25) is 0 Å². The molecule has 0 aliphatic carbocycles. The Balaban J connectivity index is 2.30. The van der Waals surface area contributed by atoms with Crippen LogP contribution in [-0.2, 0) is 12.8 Å². The van der Waals surface area contributed by atoms with Crippen LogP contribution in [0, 0.1) is 0 Å². The Bertz CT molecular complexity index is 692. The smallest absolute Gasteiger partial charge is 0.109 e.